The molecule has 1 heterocycles. The molecule has 1 aromatic rings. The van der Waals surface area contributed by atoms with Gasteiger partial charge in [0.25, 0.3) is 0 Å². The van der Waals surface area contributed by atoms with Crippen LogP contribution in [0.2, 0.25) is 0 Å². The van der Waals surface area contributed by atoms with Crippen LogP contribution in [0.4, 0.5) is 5.69 Å². The van der Waals surface area contributed by atoms with E-state index in [2.05, 4.69) is 26.0 Å². The Kier molecular flexibility index (Phi) is 4.01. The second-order valence-electron chi connectivity index (χ2n) is 5.14. The van der Waals surface area contributed by atoms with E-state index in [1.807, 2.05) is 25.1 Å². The number of nitrogens with zero attached hydrogens (tertiary/aromatic N) is 2. The summed E-state index contributed by atoms with van der Waals surface area (Å²) in [4.78, 5) is 2.07. The summed E-state index contributed by atoms with van der Waals surface area (Å²) >= 11 is 3.42. The molecular formula is C13H18BrN3O2. The molecule has 0 radical (unpaired) electrons. The molecule has 0 aromatic heterocycles. The van der Waals surface area contributed by atoms with Gasteiger partial charge in [-0.25, -0.2) is 0 Å². The van der Waals surface area contributed by atoms with Crippen LogP contribution in [0, 0.1) is 0 Å². The van der Waals surface area contributed by atoms with Crippen molar-refractivity contribution in [1.82, 2.24) is 0 Å². The van der Waals surface area contributed by atoms with Crippen LogP contribution in [-0.4, -0.2) is 34.8 Å². The Morgan fingerprint density at radius 2 is 2.26 bits per heavy atom. The summed E-state index contributed by atoms with van der Waals surface area (Å²) in [5.41, 5.74) is 6.57. The maximum Gasteiger partial charge on any atom is 0.173 e. The topological polar surface area (TPSA) is 82.1 Å². The molecule has 19 heavy (non-hydrogen) atoms. The molecular weight excluding hydrogens is 310 g/mol. The molecule has 104 valence electrons. The predicted octanol–water partition coefficient (Wildman–Crippen LogP) is 1.89. The summed E-state index contributed by atoms with van der Waals surface area (Å²) in [5.74, 6) is 0.0627. The Morgan fingerprint density at radius 1 is 1.53 bits per heavy atom. The third kappa shape index (κ3) is 3.01. The minimum Gasteiger partial charge on any atom is -0.409 e. The average Bonchev–Trinajstić information content (AvgIpc) is 2.36. The lowest BCUT2D eigenvalue weighted by Gasteiger charge is -2.39. The Labute approximate surface area is 120 Å². The maximum absolute atomic E-state index is 10.2. The van der Waals surface area contributed by atoms with Crippen molar-refractivity contribution in [2.24, 2.45) is 10.9 Å². The zero-order valence-electron chi connectivity index (χ0n) is 10.8. The van der Waals surface area contributed by atoms with E-state index in [0.717, 1.165) is 29.5 Å². The molecule has 0 bridgehead atoms. The lowest BCUT2D eigenvalue weighted by Crippen LogP contribution is -2.46. The lowest BCUT2D eigenvalue weighted by atomic mass is 9.94. The highest BCUT2D eigenvalue weighted by Crippen LogP contribution is 2.31. The monoisotopic (exact) mass is 327 g/mol. The van der Waals surface area contributed by atoms with Crippen LogP contribution in [0.15, 0.2) is 27.8 Å². The van der Waals surface area contributed by atoms with Crippen molar-refractivity contribution < 1.29 is 10.3 Å². The third-order valence-corrected chi connectivity index (χ3v) is 4.03. The zero-order chi connectivity index (χ0) is 14.0. The molecule has 0 aliphatic carbocycles. The number of hydrogen-bond acceptors (Lipinski definition) is 4. The number of oxime groups is 1. The Hall–Kier alpha value is -1.27. The van der Waals surface area contributed by atoms with Crippen LogP contribution >= 0.6 is 15.9 Å². The number of hydrogen-bond donors (Lipinski definition) is 3. The molecule has 1 fully saturated rings. The van der Waals surface area contributed by atoms with Gasteiger partial charge >= 0.3 is 0 Å². The summed E-state index contributed by atoms with van der Waals surface area (Å²) in [6.45, 7) is 3.22. The summed E-state index contributed by atoms with van der Waals surface area (Å²) in [6, 6.07) is 5.66. The van der Waals surface area contributed by atoms with Gasteiger partial charge in [0.15, 0.2) is 5.84 Å². The van der Waals surface area contributed by atoms with E-state index in [0.29, 0.717) is 12.1 Å². The Morgan fingerprint density at radius 3 is 2.89 bits per heavy atom. The summed E-state index contributed by atoms with van der Waals surface area (Å²) < 4.78 is 0.769. The number of anilines is 1. The molecule has 1 atom stereocenters. The van der Waals surface area contributed by atoms with Crippen molar-refractivity contribution in [3.63, 3.8) is 0 Å². The van der Waals surface area contributed by atoms with Gasteiger partial charge in [0, 0.05) is 23.2 Å². The molecule has 2 rings (SSSR count). The van der Waals surface area contributed by atoms with Crippen molar-refractivity contribution in [2.75, 3.05) is 18.0 Å². The van der Waals surface area contributed by atoms with E-state index in [1.165, 1.54) is 0 Å². The lowest BCUT2D eigenvalue weighted by molar-refractivity contribution is 0.0449. The minimum absolute atomic E-state index is 0.0627. The first kappa shape index (κ1) is 14.1. The Balaban J connectivity index is 2.42. The van der Waals surface area contributed by atoms with Gasteiger partial charge in [0.05, 0.1) is 11.2 Å². The van der Waals surface area contributed by atoms with Crippen LogP contribution in [0.3, 0.4) is 0 Å². The van der Waals surface area contributed by atoms with Gasteiger partial charge in [-0.15, -0.1) is 0 Å². The standard InChI is InChI=1S/C13H18BrN3O2/c1-13(18)6-3-7-17(8-13)10-5-2-4-9(14)11(10)12(15)16-19/h2,4-5,18-19H,3,6-8H2,1H3,(H2,15,16). The first-order chi connectivity index (χ1) is 8.94. The van der Waals surface area contributed by atoms with E-state index >= 15 is 0 Å². The number of rotatable bonds is 2. The molecule has 5 nitrogen and oxygen atoms in total. The van der Waals surface area contributed by atoms with Gasteiger partial charge in [-0.05, 0) is 47.8 Å². The van der Waals surface area contributed by atoms with Gasteiger partial charge < -0.3 is 20.9 Å². The highest BCUT2D eigenvalue weighted by molar-refractivity contribution is 9.10. The SMILES string of the molecule is CC1(O)CCCN(c2cccc(Br)c2/C(N)=N/O)C1. The van der Waals surface area contributed by atoms with Crippen LogP contribution in [-0.2, 0) is 0 Å². The molecule has 0 saturated carbocycles. The molecule has 4 N–H and O–H groups in total. The Bertz CT molecular complexity index is 503. The maximum atomic E-state index is 10.2. The summed E-state index contributed by atoms with van der Waals surface area (Å²) in [6.07, 6.45) is 1.70. The van der Waals surface area contributed by atoms with E-state index in [-0.39, 0.29) is 5.84 Å². The number of nitrogens with two attached hydrogens (primary N) is 1. The van der Waals surface area contributed by atoms with Crippen LogP contribution in [0.1, 0.15) is 25.3 Å². The van der Waals surface area contributed by atoms with Crippen molar-refractivity contribution in [3.8, 4) is 0 Å². The number of β-amino-alcohol motifs (C(OH)–C–C–N with tert-alkyl or cyclic N) is 1. The highest BCUT2D eigenvalue weighted by atomic mass is 79.9. The van der Waals surface area contributed by atoms with Crippen LogP contribution in [0.25, 0.3) is 0 Å². The van der Waals surface area contributed by atoms with Gasteiger partial charge in [-0.1, -0.05) is 11.2 Å². The predicted molar refractivity (Wildman–Crippen MR) is 78.7 cm³/mol. The molecule has 0 spiro atoms. The molecule has 1 aliphatic heterocycles. The first-order valence-electron chi connectivity index (χ1n) is 6.18. The molecule has 1 unspecified atom stereocenters. The number of aliphatic hydroxyl groups is 1. The second kappa shape index (κ2) is 5.38. The number of halogens is 1. The number of benzene rings is 1. The summed E-state index contributed by atoms with van der Waals surface area (Å²) in [5, 5.41) is 22.2. The van der Waals surface area contributed by atoms with Gasteiger partial charge in [-0.2, -0.15) is 0 Å². The van der Waals surface area contributed by atoms with Crippen molar-refractivity contribution in [2.45, 2.75) is 25.4 Å². The normalized spacial score (nSPS) is 24.6. The van der Waals surface area contributed by atoms with Crippen molar-refractivity contribution in [3.05, 3.63) is 28.2 Å². The van der Waals surface area contributed by atoms with Crippen molar-refractivity contribution >= 4 is 27.5 Å². The molecule has 0 amide bonds. The highest BCUT2D eigenvalue weighted by Gasteiger charge is 2.30. The first-order valence-corrected chi connectivity index (χ1v) is 6.98. The van der Waals surface area contributed by atoms with E-state index < -0.39 is 5.60 Å². The summed E-state index contributed by atoms with van der Waals surface area (Å²) in [7, 11) is 0. The van der Waals surface area contributed by atoms with Crippen LogP contribution in [0.5, 0.6) is 0 Å². The molecule has 1 aromatic carbocycles. The average molecular weight is 328 g/mol. The number of piperidine rings is 1. The molecule has 1 saturated heterocycles. The van der Waals surface area contributed by atoms with Gasteiger partial charge in [0.2, 0.25) is 0 Å². The second-order valence-corrected chi connectivity index (χ2v) is 6.00. The van der Waals surface area contributed by atoms with E-state index in [9.17, 15) is 5.11 Å². The number of amidine groups is 1. The molecule has 6 heteroatoms. The quantitative estimate of drug-likeness (QED) is 0.335. The fourth-order valence-corrected chi connectivity index (χ4v) is 3.06. The fraction of sp³-hybridized carbons (Fsp3) is 0.462. The zero-order valence-corrected chi connectivity index (χ0v) is 12.4. The smallest absolute Gasteiger partial charge is 0.173 e. The van der Waals surface area contributed by atoms with E-state index in [4.69, 9.17) is 10.9 Å². The largest absolute Gasteiger partial charge is 0.409 e. The molecule has 1 aliphatic rings. The van der Waals surface area contributed by atoms with Crippen LogP contribution < -0.4 is 10.6 Å². The minimum atomic E-state index is -0.705. The fourth-order valence-electron chi connectivity index (χ4n) is 2.51. The third-order valence-electron chi connectivity index (χ3n) is 3.37. The van der Waals surface area contributed by atoms with Crippen molar-refractivity contribution in [1.29, 1.82) is 0 Å². The van der Waals surface area contributed by atoms with Gasteiger partial charge in [-0.3, -0.25) is 0 Å². The van der Waals surface area contributed by atoms with Gasteiger partial charge in [0.1, 0.15) is 0 Å². The van der Waals surface area contributed by atoms with E-state index in [1.54, 1.807) is 0 Å².